The Hall–Kier alpha value is -3.19. The van der Waals surface area contributed by atoms with Crippen LogP contribution in [0.15, 0.2) is 46.9 Å². The first-order valence-corrected chi connectivity index (χ1v) is 9.25. The Morgan fingerprint density at radius 2 is 1.72 bits per heavy atom. The van der Waals surface area contributed by atoms with Gasteiger partial charge in [0.2, 0.25) is 11.7 Å². The summed E-state index contributed by atoms with van der Waals surface area (Å²) in [4.78, 5) is 14.5. The molecule has 0 saturated heterocycles. The number of nitrogens with zero attached hydrogens (tertiary/aromatic N) is 1. The Morgan fingerprint density at radius 1 is 1.07 bits per heavy atom. The highest BCUT2D eigenvalue weighted by molar-refractivity contribution is 5.93. The standard InChI is InChI=1S/C22H26N2O5/c1-14(18-10-15-8-6-7-9-17(15)29-18)24(2)13-21(25)23-16-11-19(26-3)22(28-5)20(12-16)27-4/h6-12,14H,13H2,1-5H3,(H,23,25). The van der Waals surface area contributed by atoms with Gasteiger partial charge in [-0.05, 0) is 26.1 Å². The first-order chi connectivity index (χ1) is 14.0. The molecule has 0 spiro atoms. The molecule has 1 heterocycles. The molecule has 1 unspecified atom stereocenters. The third-order valence-corrected chi connectivity index (χ3v) is 4.86. The molecule has 0 bridgehead atoms. The van der Waals surface area contributed by atoms with Crippen LogP contribution in [-0.4, -0.2) is 45.7 Å². The molecule has 0 fully saturated rings. The maximum Gasteiger partial charge on any atom is 0.238 e. The summed E-state index contributed by atoms with van der Waals surface area (Å²) in [5.74, 6) is 2.08. The number of methoxy groups -OCH3 is 3. The minimum Gasteiger partial charge on any atom is -0.493 e. The molecule has 7 nitrogen and oxygen atoms in total. The van der Waals surface area contributed by atoms with Gasteiger partial charge in [-0.1, -0.05) is 18.2 Å². The van der Waals surface area contributed by atoms with Crippen molar-refractivity contribution in [1.82, 2.24) is 4.90 Å². The lowest BCUT2D eigenvalue weighted by molar-refractivity contribution is -0.117. The van der Waals surface area contributed by atoms with Gasteiger partial charge in [0.05, 0.1) is 33.9 Å². The topological polar surface area (TPSA) is 73.2 Å². The molecule has 0 aliphatic carbocycles. The van der Waals surface area contributed by atoms with Crippen LogP contribution in [0.3, 0.4) is 0 Å². The summed E-state index contributed by atoms with van der Waals surface area (Å²) in [5, 5.41) is 3.93. The van der Waals surface area contributed by atoms with Crippen LogP contribution in [0, 0.1) is 0 Å². The van der Waals surface area contributed by atoms with Gasteiger partial charge in [-0.2, -0.15) is 0 Å². The van der Waals surface area contributed by atoms with Crippen LogP contribution in [0.1, 0.15) is 18.7 Å². The number of benzene rings is 2. The first kappa shape index (κ1) is 20.5. The minimum absolute atomic E-state index is 0.0620. The smallest absolute Gasteiger partial charge is 0.238 e. The van der Waals surface area contributed by atoms with Crippen LogP contribution in [-0.2, 0) is 4.79 Å². The van der Waals surface area contributed by atoms with Crippen molar-refractivity contribution in [2.24, 2.45) is 0 Å². The van der Waals surface area contributed by atoms with Crippen LogP contribution >= 0.6 is 0 Å². The predicted octanol–water partition coefficient (Wildman–Crippen LogP) is 4.09. The van der Waals surface area contributed by atoms with E-state index in [0.29, 0.717) is 22.9 Å². The third-order valence-electron chi connectivity index (χ3n) is 4.86. The van der Waals surface area contributed by atoms with E-state index in [9.17, 15) is 4.79 Å². The molecule has 0 radical (unpaired) electrons. The number of carbonyl (C=O) groups is 1. The van der Waals surface area contributed by atoms with Crippen LogP contribution in [0.5, 0.6) is 17.2 Å². The highest BCUT2D eigenvalue weighted by Gasteiger charge is 2.20. The Kier molecular flexibility index (Phi) is 6.29. The Balaban J connectivity index is 1.69. The lowest BCUT2D eigenvalue weighted by Gasteiger charge is -2.22. The van der Waals surface area contributed by atoms with E-state index in [2.05, 4.69) is 5.32 Å². The second-order valence-corrected chi connectivity index (χ2v) is 6.74. The number of furan rings is 1. The van der Waals surface area contributed by atoms with Crippen molar-refractivity contribution in [2.45, 2.75) is 13.0 Å². The number of para-hydroxylation sites is 1. The van der Waals surface area contributed by atoms with E-state index >= 15 is 0 Å². The molecule has 1 N–H and O–H groups in total. The second-order valence-electron chi connectivity index (χ2n) is 6.74. The van der Waals surface area contributed by atoms with E-state index in [-0.39, 0.29) is 18.5 Å². The number of carbonyl (C=O) groups excluding carboxylic acids is 1. The number of likely N-dealkylation sites (N-methyl/N-ethyl adjacent to an activating group) is 1. The molecule has 0 aliphatic rings. The summed E-state index contributed by atoms with van der Waals surface area (Å²) in [5.41, 5.74) is 1.40. The molecule has 2 aromatic carbocycles. The van der Waals surface area contributed by atoms with Gasteiger partial charge >= 0.3 is 0 Å². The third kappa shape index (κ3) is 4.46. The van der Waals surface area contributed by atoms with E-state index in [1.807, 2.05) is 49.2 Å². The van der Waals surface area contributed by atoms with E-state index < -0.39 is 0 Å². The number of nitrogens with one attached hydrogen (secondary N) is 1. The molecule has 0 saturated carbocycles. The molecule has 7 heteroatoms. The summed E-state index contributed by atoms with van der Waals surface area (Å²) in [7, 11) is 6.48. The molecule has 1 aromatic heterocycles. The zero-order valence-electron chi connectivity index (χ0n) is 17.3. The quantitative estimate of drug-likeness (QED) is 0.616. The first-order valence-electron chi connectivity index (χ1n) is 9.25. The molecule has 1 amide bonds. The van der Waals surface area contributed by atoms with E-state index in [1.165, 1.54) is 21.3 Å². The normalized spacial score (nSPS) is 12.1. The van der Waals surface area contributed by atoms with Crippen molar-refractivity contribution >= 4 is 22.6 Å². The van der Waals surface area contributed by atoms with E-state index in [1.54, 1.807) is 12.1 Å². The van der Waals surface area contributed by atoms with Crippen LogP contribution in [0.2, 0.25) is 0 Å². The van der Waals surface area contributed by atoms with Gasteiger partial charge in [-0.15, -0.1) is 0 Å². The predicted molar refractivity (Wildman–Crippen MR) is 112 cm³/mol. The summed E-state index contributed by atoms with van der Waals surface area (Å²) in [6, 6.07) is 13.2. The van der Waals surface area contributed by atoms with E-state index in [0.717, 1.165) is 16.7 Å². The molecular weight excluding hydrogens is 372 g/mol. The number of hydrogen-bond donors (Lipinski definition) is 1. The maximum absolute atomic E-state index is 12.6. The van der Waals surface area contributed by atoms with Gasteiger partial charge in [0.1, 0.15) is 11.3 Å². The van der Waals surface area contributed by atoms with Crippen molar-refractivity contribution in [3.63, 3.8) is 0 Å². The van der Waals surface area contributed by atoms with Gasteiger partial charge in [0, 0.05) is 23.2 Å². The van der Waals surface area contributed by atoms with Gasteiger partial charge in [-0.25, -0.2) is 0 Å². The molecule has 0 aliphatic heterocycles. The number of fused-ring (bicyclic) bond motifs is 1. The monoisotopic (exact) mass is 398 g/mol. The van der Waals surface area contributed by atoms with Crippen molar-refractivity contribution < 1.29 is 23.4 Å². The number of hydrogen-bond acceptors (Lipinski definition) is 6. The van der Waals surface area contributed by atoms with Crippen LogP contribution < -0.4 is 19.5 Å². The fraction of sp³-hybridized carbons (Fsp3) is 0.318. The summed E-state index contributed by atoms with van der Waals surface area (Å²) in [6.45, 7) is 2.19. The molecular formula is C22H26N2O5. The van der Waals surface area contributed by atoms with E-state index in [4.69, 9.17) is 18.6 Å². The molecule has 3 aromatic rings. The number of rotatable bonds is 8. The summed E-state index contributed by atoms with van der Waals surface area (Å²) in [6.07, 6.45) is 0. The fourth-order valence-corrected chi connectivity index (χ4v) is 3.14. The van der Waals surface area contributed by atoms with Crippen molar-refractivity contribution in [3.05, 3.63) is 48.2 Å². The number of ether oxygens (including phenoxy) is 3. The van der Waals surface area contributed by atoms with Crippen molar-refractivity contribution in [2.75, 3.05) is 40.2 Å². The van der Waals surface area contributed by atoms with Gasteiger partial charge in [-0.3, -0.25) is 9.69 Å². The van der Waals surface area contributed by atoms with Gasteiger partial charge < -0.3 is 23.9 Å². The SMILES string of the molecule is COc1cc(NC(=O)CN(C)C(C)c2cc3ccccc3o2)cc(OC)c1OC. The summed E-state index contributed by atoms with van der Waals surface area (Å²) >= 11 is 0. The average Bonchev–Trinajstić information content (AvgIpc) is 3.16. The highest BCUT2D eigenvalue weighted by Crippen LogP contribution is 2.40. The zero-order chi connectivity index (χ0) is 21.0. The fourth-order valence-electron chi connectivity index (χ4n) is 3.14. The average molecular weight is 398 g/mol. The minimum atomic E-state index is -0.162. The molecule has 3 rings (SSSR count). The second kappa shape index (κ2) is 8.87. The van der Waals surface area contributed by atoms with Crippen molar-refractivity contribution in [3.8, 4) is 17.2 Å². The Bertz CT molecular complexity index is 940. The largest absolute Gasteiger partial charge is 0.493 e. The molecule has 29 heavy (non-hydrogen) atoms. The Labute approximate surface area is 170 Å². The highest BCUT2D eigenvalue weighted by atomic mass is 16.5. The maximum atomic E-state index is 12.6. The van der Waals surface area contributed by atoms with Gasteiger partial charge in [0.25, 0.3) is 0 Å². The number of anilines is 1. The van der Waals surface area contributed by atoms with Crippen molar-refractivity contribution in [1.29, 1.82) is 0 Å². The lowest BCUT2D eigenvalue weighted by Crippen LogP contribution is -2.32. The molecule has 154 valence electrons. The summed E-state index contributed by atoms with van der Waals surface area (Å²) < 4.78 is 21.9. The molecule has 1 atom stereocenters. The Morgan fingerprint density at radius 3 is 2.31 bits per heavy atom. The lowest BCUT2D eigenvalue weighted by atomic mass is 10.2. The van der Waals surface area contributed by atoms with Crippen LogP contribution in [0.25, 0.3) is 11.0 Å². The number of amides is 1. The van der Waals surface area contributed by atoms with Gasteiger partial charge in [0.15, 0.2) is 11.5 Å². The van der Waals surface area contributed by atoms with Crippen LogP contribution in [0.4, 0.5) is 5.69 Å². The zero-order valence-corrected chi connectivity index (χ0v) is 17.3.